The number of ether oxygens (including phenoxy) is 1. The Morgan fingerprint density at radius 2 is 1.92 bits per heavy atom. The lowest BCUT2D eigenvalue weighted by atomic mass is 9.76. The molecular formula is C10H18O2. The monoisotopic (exact) mass is 170 g/mol. The Balaban J connectivity index is 1.96. The second-order valence-electron chi connectivity index (χ2n) is 4.24. The number of hydrogen-bond acceptors (Lipinski definition) is 2. The van der Waals surface area contributed by atoms with Crippen molar-refractivity contribution in [2.75, 3.05) is 13.2 Å². The van der Waals surface area contributed by atoms with Gasteiger partial charge >= 0.3 is 0 Å². The molecule has 1 saturated carbocycles. The zero-order valence-electron chi connectivity index (χ0n) is 7.59. The molecule has 2 nitrogen and oxygen atoms in total. The first-order valence-electron chi connectivity index (χ1n) is 5.11. The van der Waals surface area contributed by atoms with Crippen molar-refractivity contribution in [1.29, 1.82) is 0 Å². The van der Waals surface area contributed by atoms with Crippen molar-refractivity contribution in [2.24, 2.45) is 5.92 Å². The van der Waals surface area contributed by atoms with Crippen molar-refractivity contribution in [3.05, 3.63) is 0 Å². The van der Waals surface area contributed by atoms with E-state index in [0.29, 0.717) is 12.5 Å². The second kappa shape index (κ2) is 3.35. The van der Waals surface area contributed by atoms with Gasteiger partial charge in [-0.2, -0.15) is 0 Å². The van der Waals surface area contributed by atoms with Gasteiger partial charge in [0.05, 0.1) is 12.2 Å². The summed E-state index contributed by atoms with van der Waals surface area (Å²) in [6.45, 7) is 1.34. The fourth-order valence-electron chi connectivity index (χ4n) is 2.53. The molecule has 1 saturated heterocycles. The van der Waals surface area contributed by atoms with E-state index in [1.165, 1.54) is 32.1 Å². The minimum absolute atomic E-state index is 0.458. The summed E-state index contributed by atoms with van der Waals surface area (Å²) >= 11 is 0. The van der Waals surface area contributed by atoms with Crippen LogP contribution in [0.15, 0.2) is 0 Å². The molecule has 1 N–H and O–H groups in total. The molecule has 0 radical (unpaired) electrons. The molecule has 0 spiro atoms. The minimum atomic E-state index is -0.458. The molecule has 2 heteroatoms. The minimum Gasteiger partial charge on any atom is -0.387 e. The molecule has 2 aliphatic rings. The van der Waals surface area contributed by atoms with Gasteiger partial charge in [0.1, 0.15) is 0 Å². The largest absolute Gasteiger partial charge is 0.387 e. The fraction of sp³-hybridized carbons (Fsp3) is 1.00. The average Bonchev–Trinajstić information content (AvgIpc) is 2.55. The van der Waals surface area contributed by atoms with E-state index < -0.39 is 5.60 Å². The van der Waals surface area contributed by atoms with E-state index >= 15 is 0 Å². The molecule has 1 heterocycles. The Bertz CT molecular complexity index is 144. The highest BCUT2D eigenvalue weighted by Gasteiger charge is 2.40. The molecule has 1 unspecified atom stereocenters. The molecular weight excluding hydrogens is 152 g/mol. The van der Waals surface area contributed by atoms with Crippen LogP contribution in [0.4, 0.5) is 0 Å². The first-order chi connectivity index (χ1) is 5.81. The highest BCUT2D eigenvalue weighted by molar-refractivity contribution is 4.90. The van der Waals surface area contributed by atoms with Gasteiger partial charge in [-0.1, -0.05) is 19.3 Å². The SMILES string of the molecule is OC1(C2CCCCC2)CCOC1. The Morgan fingerprint density at radius 1 is 1.17 bits per heavy atom. The van der Waals surface area contributed by atoms with Crippen LogP contribution < -0.4 is 0 Å². The lowest BCUT2D eigenvalue weighted by Gasteiger charge is -2.34. The smallest absolute Gasteiger partial charge is 0.0929 e. The zero-order valence-corrected chi connectivity index (χ0v) is 7.59. The Hall–Kier alpha value is -0.0800. The molecule has 0 aromatic heterocycles. The van der Waals surface area contributed by atoms with Crippen molar-refractivity contribution >= 4 is 0 Å². The maximum atomic E-state index is 10.2. The molecule has 1 aliphatic heterocycles. The molecule has 2 rings (SSSR count). The third-order valence-corrected chi connectivity index (χ3v) is 3.40. The van der Waals surface area contributed by atoms with Gasteiger partial charge < -0.3 is 9.84 Å². The van der Waals surface area contributed by atoms with Crippen LogP contribution in [0.25, 0.3) is 0 Å². The Morgan fingerprint density at radius 3 is 2.50 bits per heavy atom. The van der Waals surface area contributed by atoms with Crippen LogP contribution in [0.3, 0.4) is 0 Å². The molecule has 0 amide bonds. The van der Waals surface area contributed by atoms with E-state index in [4.69, 9.17) is 4.74 Å². The van der Waals surface area contributed by atoms with Gasteiger partial charge in [0.2, 0.25) is 0 Å². The van der Waals surface area contributed by atoms with Crippen LogP contribution in [0.2, 0.25) is 0 Å². The van der Waals surface area contributed by atoms with Crippen LogP contribution in [0, 0.1) is 5.92 Å². The summed E-state index contributed by atoms with van der Waals surface area (Å²) in [5.41, 5.74) is -0.458. The molecule has 1 aliphatic carbocycles. The molecule has 1 atom stereocenters. The Labute approximate surface area is 73.9 Å². The lowest BCUT2D eigenvalue weighted by molar-refractivity contribution is -0.0377. The van der Waals surface area contributed by atoms with Crippen LogP contribution in [-0.4, -0.2) is 23.9 Å². The van der Waals surface area contributed by atoms with E-state index in [1.807, 2.05) is 0 Å². The first-order valence-corrected chi connectivity index (χ1v) is 5.11. The molecule has 12 heavy (non-hydrogen) atoms. The number of aliphatic hydroxyl groups is 1. The van der Waals surface area contributed by atoms with Gasteiger partial charge in [-0.05, 0) is 18.8 Å². The van der Waals surface area contributed by atoms with Crippen LogP contribution in [0.5, 0.6) is 0 Å². The lowest BCUT2D eigenvalue weighted by Crippen LogP contribution is -2.39. The van der Waals surface area contributed by atoms with Crippen molar-refractivity contribution < 1.29 is 9.84 Å². The van der Waals surface area contributed by atoms with E-state index in [2.05, 4.69) is 0 Å². The third kappa shape index (κ3) is 1.50. The topological polar surface area (TPSA) is 29.5 Å². The van der Waals surface area contributed by atoms with Gasteiger partial charge in [0, 0.05) is 13.0 Å². The summed E-state index contributed by atoms with van der Waals surface area (Å²) in [6, 6.07) is 0. The van der Waals surface area contributed by atoms with Crippen molar-refractivity contribution in [1.82, 2.24) is 0 Å². The second-order valence-corrected chi connectivity index (χ2v) is 4.24. The van der Waals surface area contributed by atoms with E-state index in [-0.39, 0.29) is 0 Å². The summed E-state index contributed by atoms with van der Waals surface area (Å²) < 4.78 is 5.26. The molecule has 2 fully saturated rings. The molecule has 0 bridgehead atoms. The molecule has 0 aromatic rings. The first kappa shape index (κ1) is 8.52. The van der Waals surface area contributed by atoms with Crippen molar-refractivity contribution in [3.63, 3.8) is 0 Å². The predicted octanol–water partition coefficient (Wildman–Crippen LogP) is 1.72. The summed E-state index contributed by atoms with van der Waals surface area (Å²) in [6.07, 6.45) is 7.23. The highest BCUT2D eigenvalue weighted by atomic mass is 16.5. The summed E-state index contributed by atoms with van der Waals surface area (Å²) in [7, 11) is 0. The molecule has 0 aromatic carbocycles. The van der Waals surface area contributed by atoms with Crippen LogP contribution >= 0.6 is 0 Å². The van der Waals surface area contributed by atoms with E-state index in [0.717, 1.165) is 13.0 Å². The van der Waals surface area contributed by atoms with Crippen molar-refractivity contribution in [3.8, 4) is 0 Å². The average molecular weight is 170 g/mol. The number of rotatable bonds is 1. The normalized spacial score (nSPS) is 38.8. The maximum Gasteiger partial charge on any atom is 0.0929 e. The summed E-state index contributed by atoms with van der Waals surface area (Å²) in [5.74, 6) is 0.522. The zero-order chi connectivity index (χ0) is 8.44. The maximum absolute atomic E-state index is 10.2. The van der Waals surface area contributed by atoms with Gasteiger partial charge in [-0.15, -0.1) is 0 Å². The standard InChI is InChI=1S/C10H18O2/c11-10(6-7-12-8-10)9-4-2-1-3-5-9/h9,11H,1-8H2. The fourth-order valence-corrected chi connectivity index (χ4v) is 2.53. The highest BCUT2D eigenvalue weighted by Crippen LogP contribution is 2.37. The van der Waals surface area contributed by atoms with E-state index in [9.17, 15) is 5.11 Å². The van der Waals surface area contributed by atoms with Gasteiger partial charge in [0.25, 0.3) is 0 Å². The van der Waals surface area contributed by atoms with E-state index in [1.54, 1.807) is 0 Å². The third-order valence-electron chi connectivity index (χ3n) is 3.40. The van der Waals surface area contributed by atoms with Crippen molar-refractivity contribution in [2.45, 2.75) is 44.1 Å². The molecule has 70 valence electrons. The van der Waals surface area contributed by atoms with Gasteiger partial charge in [0.15, 0.2) is 0 Å². The summed E-state index contributed by atoms with van der Waals surface area (Å²) in [5, 5.41) is 10.2. The predicted molar refractivity (Wildman–Crippen MR) is 47.0 cm³/mol. The van der Waals surface area contributed by atoms with Gasteiger partial charge in [-0.25, -0.2) is 0 Å². The van der Waals surface area contributed by atoms with Crippen LogP contribution in [0.1, 0.15) is 38.5 Å². The van der Waals surface area contributed by atoms with Crippen LogP contribution in [-0.2, 0) is 4.74 Å². The van der Waals surface area contributed by atoms with Gasteiger partial charge in [-0.3, -0.25) is 0 Å². The number of hydrogen-bond donors (Lipinski definition) is 1. The quantitative estimate of drug-likeness (QED) is 0.649. The Kier molecular flexibility index (Phi) is 2.37. The summed E-state index contributed by atoms with van der Waals surface area (Å²) in [4.78, 5) is 0.